The minimum Gasteiger partial charge on any atom is -0.376 e. The summed E-state index contributed by atoms with van der Waals surface area (Å²) < 4.78 is 5.62. The quantitative estimate of drug-likeness (QED) is 0.826. The molecule has 0 saturated carbocycles. The van der Waals surface area contributed by atoms with E-state index >= 15 is 0 Å². The van der Waals surface area contributed by atoms with Crippen LogP contribution in [-0.2, 0) is 9.53 Å². The first-order valence-corrected chi connectivity index (χ1v) is 9.11. The van der Waals surface area contributed by atoms with Gasteiger partial charge in [0.2, 0.25) is 5.91 Å². The Labute approximate surface area is 150 Å². The largest absolute Gasteiger partial charge is 0.376 e. The molecule has 2 atom stereocenters. The molecule has 1 N–H and O–H groups in total. The Balaban J connectivity index is 2.05. The molecule has 0 aromatic heterocycles. The zero-order valence-electron chi connectivity index (χ0n) is 15.7. The molecular formula is C20H30N2O3. The van der Waals surface area contributed by atoms with E-state index < -0.39 is 6.04 Å². The van der Waals surface area contributed by atoms with E-state index in [0.29, 0.717) is 24.4 Å². The Morgan fingerprint density at radius 3 is 2.64 bits per heavy atom. The molecule has 1 aliphatic heterocycles. The average Bonchev–Trinajstić information content (AvgIpc) is 3.06. The van der Waals surface area contributed by atoms with Crippen molar-refractivity contribution in [1.29, 1.82) is 0 Å². The topological polar surface area (TPSA) is 58.6 Å². The maximum atomic E-state index is 12.9. The van der Waals surface area contributed by atoms with Gasteiger partial charge in [0.1, 0.15) is 6.04 Å². The summed E-state index contributed by atoms with van der Waals surface area (Å²) in [6.07, 6.45) is 2.77. The van der Waals surface area contributed by atoms with E-state index in [1.165, 1.54) is 0 Å². The van der Waals surface area contributed by atoms with Crippen molar-refractivity contribution in [1.82, 2.24) is 10.2 Å². The van der Waals surface area contributed by atoms with Crippen LogP contribution in [0.4, 0.5) is 0 Å². The van der Waals surface area contributed by atoms with Gasteiger partial charge in [-0.15, -0.1) is 0 Å². The summed E-state index contributed by atoms with van der Waals surface area (Å²) >= 11 is 0. The highest BCUT2D eigenvalue weighted by atomic mass is 16.5. The number of benzene rings is 1. The molecule has 1 aliphatic rings. The molecule has 25 heavy (non-hydrogen) atoms. The predicted molar refractivity (Wildman–Crippen MR) is 98.5 cm³/mol. The summed E-state index contributed by atoms with van der Waals surface area (Å²) in [5.41, 5.74) is 1.52. The van der Waals surface area contributed by atoms with E-state index in [0.717, 1.165) is 25.0 Å². The van der Waals surface area contributed by atoms with Gasteiger partial charge in [0.25, 0.3) is 5.91 Å². The van der Waals surface area contributed by atoms with Crippen molar-refractivity contribution in [2.75, 3.05) is 20.2 Å². The van der Waals surface area contributed by atoms with Crippen molar-refractivity contribution in [3.05, 3.63) is 35.4 Å². The van der Waals surface area contributed by atoms with Crippen molar-refractivity contribution in [2.24, 2.45) is 5.92 Å². The Bertz CT molecular complexity index is 594. The summed E-state index contributed by atoms with van der Waals surface area (Å²) in [6.45, 7) is 7.36. The van der Waals surface area contributed by atoms with Crippen LogP contribution in [0, 0.1) is 12.8 Å². The number of hydrogen-bond acceptors (Lipinski definition) is 3. The van der Waals surface area contributed by atoms with Gasteiger partial charge in [0, 0.05) is 25.8 Å². The summed E-state index contributed by atoms with van der Waals surface area (Å²) in [7, 11) is 1.79. The highest BCUT2D eigenvalue weighted by Crippen LogP contribution is 2.15. The molecule has 0 bridgehead atoms. The molecule has 2 rings (SSSR count). The minimum absolute atomic E-state index is 0.0499. The smallest absolute Gasteiger partial charge is 0.252 e. The number of amides is 2. The molecule has 1 heterocycles. The maximum absolute atomic E-state index is 12.9. The lowest BCUT2D eigenvalue weighted by atomic mass is 10.0. The number of ether oxygens (including phenoxy) is 1. The second kappa shape index (κ2) is 8.99. The SMILES string of the molecule is Cc1ccccc1C(=O)NC(CC(C)C)C(=O)N(C)CC1CCCO1. The van der Waals surface area contributed by atoms with E-state index in [1.807, 2.05) is 25.1 Å². The predicted octanol–water partition coefficient (Wildman–Crippen LogP) is 2.78. The van der Waals surface area contributed by atoms with Crippen LogP contribution in [0.1, 0.15) is 49.0 Å². The Morgan fingerprint density at radius 2 is 2.04 bits per heavy atom. The molecule has 138 valence electrons. The third-order valence-electron chi connectivity index (χ3n) is 4.58. The van der Waals surface area contributed by atoms with E-state index in [-0.39, 0.29) is 17.9 Å². The third-order valence-corrected chi connectivity index (χ3v) is 4.58. The number of nitrogens with one attached hydrogen (secondary N) is 1. The zero-order chi connectivity index (χ0) is 18.4. The number of aryl methyl sites for hydroxylation is 1. The molecule has 1 fully saturated rings. The second-order valence-corrected chi connectivity index (χ2v) is 7.32. The van der Waals surface area contributed by atoms with Crippen LogP contribution in [0.15, 0.2) is 24.3 Å². The third kappa shape index (κ3) is 5.56. The van der Waals surface area contributed by atoms with E-state index in [9.17, 15) is 9.59 Å². The van der Waals surface area contributed by atoms with Gasteiger partial charge >= 0.3 is 0 Å². The lowest BCUT2D eigenvalue weighted by Gasteiger charge is -2.27. The molecule has 1 aromatic carbocycles. The zero-order valence-corrected chi connectivity index (χ0v) is 15.7. The summed E-state index contributed by atoms with van der Waals surface area (Å²) in [6, 6.07) is 6.91. The van der Waals surface area contributed by atoms with E-state index in [1.54, 1.807) is 18.0 Å². The molecule has 1 saturated heterocycles. The van der Waals surface area contributed by atoms with Crippen LogP contribution in [0.3, 0.4) is 0 Å². The fraction of sp³-hybridized carbons (Fsp3) is 0.600. The van der Waals surface area contributed by atoms with Crippen LogP contribution in [0.2, 0.25) is 0 Å². The molecule has 0 spiro atoms. The fourth-order valence-corrected chi connectivity index (χ4v) is 3.21. The second-order valence-electron chi connectivity index (χ2n) is 7.32. The first-order chi connectivity index (χ1) is 11.9. The van der Waals surface area contributed by atoms with E-state index in [2.05, 4.69) is 19.2 Å². The van der Waals surface area contributed by atoms with Crippen molar-refractivity contribution < 1.29 is 14.3 Å². The van der Waals surface area contributed by atoms with Gasteiger partial charge in [-0.3, -0.25) is 9.59 Å². The number of rotatable bonds is 7. The Morgan fingerprint density at radius 1 is 1.32 bits per heavy atom. The van der Waals surface area contributed by atoms with Gasteiger partial charge in [-0.05, 0) is 43.7 Å². The summed E-state index contributed by atoms with van der Waals surface area (Å²) in [5.74, 6) is 0.0657. The molecule has 2 unspecified atom stereocenters. The lowest BCUT2D eigenvalue weighted by Crippen LogP contribution is -2.49. The van der Waals surface area contributed by atoms with Gasteiger partial charge in [-0.2, -0.15) is 0 Å². The van der Waals surface area contributed by atoms with Crippen LogP contribution in [0.25, 0.3) is 0 Å². The van der Waals surface area contributed by atoms with Crippen molar-refractivity contribution in [3.8, 4) is 0 Å². The van der Waals surface area contributed by atoms with Crippen LogP contribution in [0.5, 0.6) is 0 Å². The first kappa shape index (κ1) is 19.4. The van der Waals surface area contributed by atoms with Crippen molar-refractivity contribution in [2.45, 2.75) is 52.2 Å². The van der Waals surface area contributed by atoms with Crippen LogP contribution in [-0.4, -0.2) is 49.1 Å². The van der Waals surface area contributed by atoms with Gasteiger partial charge < -0.3 is 15.0 Å². The monoisotopic (exact) mass is 346 g/mol. The highest BCUT2D eigenvalue weighted by Gasteiger charge is 2.28. The van der Waals surface area contributed by atoms with Gasteiger partial charge in [0.05, 0.1) is 6.10 Å². The summed E-state index contributed by atoms with van der Waals surface area (Å²) in [4.78, 5) is 27.2. The molecule has 5 nitrogen and oxygen atoms in total. The number of likely N-dealkylation sites (N-methyl/N-ethyl adjacent to an activating group) is 1. The minimum atomic E-state index is -0.515. The van der Waals surface area contributed by atoms with Crippen molar-refractivity contribution >= 4 is 11.8 Å². The van der Waals surface area contributed by atoms with Gasteiger partial charge in [0.15, 0.2) is 0 Å². The standard InChI is InChI=1S/C20H30N2O3/c1-14(2)12-18(20(24)22(4)13-16-9-7-11-25-16)21-19(23)17-10-6-5-8-15(17)3/h5-6,8,10,14,16,18H,7,9,11-13H2,1-4H3,(H,21,23). The molecule has 0 radical (unpaired) electrons. The number of carbonyl (C=O) groups is 2. The summed E-state index contributed by atoms with van der Waals surface area (Å²) in [5, 5.41) is 2.94. The lowest BCUT2D eigenvalue weighted by molar-refractivity contribution is -0.133. The Hall–Kier alpha value is -1.88. The average molecular weight is 346 g/mol. The van der Waals surface area contributed by atoms with Crippen LogP contribution >= 0.6 is 0 Å². The fourth-order valence-electron chi connectivity index (χ4n) is 3.21. The van der Waals surface area contributed by atoms with Gasteiger partial charge in [-0.1, -0.05) is 32.0 Å². The number of nitrogens with zero attached hydrogens (tertiary/aromatic N) is 1. The molecular weight excluding hydrogens is 316 g/mol. The first-order valence-electron chi connectivity index (χ1n) is 9.11. The normalized spacial score (nSPS) is 18.2. The van der Waals surface area contributed by atoms with Crippen molar-refractivity contribution in [3.63, 3.8) is 0 Å². The molecule has 2 amide bonds. The molecule has 1 aromatic rings. The van der Waals surface area contributed by atoms with Gasteiger partial charge in [-0.25, -0.2) is 0 Å². The highest BCUT2D eigenvalue weighted by molar-refractivity contribution is 5.98. The van der Waals surface area contributed by atoms with Crippen LogP contribution < -0.4 is 5.32 Å². The van der Waals surface area contributed by atoms with E-state index in [4.69, 9.17) is 4.74 Å². The Kier molecular flexibility index (Phi) is 7.00. The number of carbonyl (C=O) groups excluding carboxylic acids is 2. The maximum Gasteiger partial charge on any atom is 0.252 e. The molecule has 0 aliphatic carbocycles. The molecule has 5 heteroatoms. The number of hydrogen-bond donors (Lipinski definition) is 1.